The van der Waals surface area contributed by atoms with Crippen molar-refractivity contribution in [2.45, 2.75) is 0 Å². The Morgan fingerprint density at radius 2 is 0.719 bits per heavy atom. The van der Waals surface area contributed by atoms with E-state index in [1.807, 2.05) is 24.3 Å². The largest absolute Gasteiger partial charge is 0.273 e. The molecule has 2 heterocycles. The summed E-state index contributed by atoms with van der Waals surface area (Å²) in [6.45, 7) is -0.143. The number of carbonyl (C=O) groups excluding carboxylic acids is 4. The Bertz CT molecular complexity index is 1300. The normalized spacial score (nSPS) is 15.2. The van der Waals surface area contributed by atoms with Gasteiger partial charge >= 0.3 is 0 Å². The van der Waals surface area contributed by atoms with E-state index in [9.17, 15) is 19.2 Å². The van der Waals surface area contributed by atoms with Gasteiger partial charge in [0.2, 0.25) is 0 Å². The van der Waals surface area contributed by atoms with Gasteiger partial charge in [0.15, 0.2) is 0 Å². The SMILES string of the molecule is O=C1c2cccc3cccc(c23)C(=O)N1CCN1C(=O)c2cccc3cccc(c23)C1=O. The van der Waals surface area contributed by atoms with E-state index in [2.05, 4.69) is 0 Å². The lowest BCUT2D eigenvalue weighted by atomic mass is 9.93. The molecule has 4 aromatic carbocycles. The van der Waals surface area contributed by atoms with Gasteiger partial charge in [0.1, 0.15) is 0 Å². The summed E-state index contributed by atoms with van der Waals surface area (Å²) in [6, 6.07) is 21.4. The van der Waals surface area contributed by atoms with Gasteiger partial charge in [-0.05, 0) is 35.0 Å². The number of imide groups is 2. The monoisotopic (exact) mass is 420 g/mol. The van der Waals surface area contributed by atoms with Crippen LogP contribution >= 0.6 is 0 Å². The predicted octanol–water partition coefficient (Wildman–Crippen LogP) is 3.89. The highest BCUT2D eigenvalue weighted by atomic mass is 16.2. The van der Waals surface area contributed by atoms with Gasteiger partial charge in [-0.3, -0.25) is 29.0 Å². The van der Waals surface area contributed by atoms with Gasteiger partial charge in [0, 0.05) is 46.1 Å². The van der Waals surface area contributed by atoms with Crippen LogP contribution in [-0.2, 0) is 0 Å². The lowest BCUT2D eigenvalue weighted by Gasteiger charge is -2.31. The summed E-state index contributed by atoms with van der Waals surface area (Å²) < 4.78 is 0. The fourth-order valence-corrected chi connectivity index (χ4v) is 4.77. The molecule has 0 unspecified atom stereocenters. The van der Waals surface area contributed by atoms with Crippen molar-refractivity contribution in [2.75, 3.05) is 13.1 Å². The van der Waals surface area contributed by atoms with Crippen molar-refractivity contribution in [3.63, 3.8) is 0 Å². The minimum absolute atomic E-state index is 0.0714. The standard InChI is InChI=1S/C26H16N2O4/c29-23-17-9-1-5-15-6-2-10-18(21(15)17)24(30)27(23)13-14-28-25(31)19-11-3-7-16-8-4-12-20(22(16)19)26(28)32/h1-12H,13-14H2. The second kappa shape index (κ2) is 6.59. The highest BCUT2D eigenvalue weighted by molar-refractivity contribution is 6.26. The number of rotatable bonds is 3. The molecule has 0 saturated carbocycles. The molecule has 2 aliphatic rings. The topological polar surface area (TPSA) is 74.8 Å². The summed E-state index contributed by atoms with van der Waals surface area (Å²) in [4.78, 5) is 54.7. The molecule has 0 spiro atoms. The average molecular weight is 420 g/mol. The number of nitrogens with zero attached hydrogens (tertiary/aromatic N) is 2. The number of hydrogen-bond donors (Lipinski definition) is 0. The second-order valence-corrected chi connectivity index (χ2v) is 7.94. The van der Waals surface area contributed by atoms with Crippen molar-refractivity contribution in [1.29, 1.82) is 0 Å². The highest BCUT2D eigenvalue weighted by Crippen LogP contribution is 2.32. The maximum Gasteiger partial charge on any atom is 0.261 e. The molecule has 0 fully saturated rings. The first kappa shape index (κ1) is 18.4. The zero-order chi connectivity index (χ0) is 22.0. The number of carbonyl (C=O) groups is 4. The van der Waals surface area contributed by atoms with Crippen molar-refractivity contribution in [3.05, 3.63) is 95.1 Å². The van der Waals surface area contributed by atoms with E-state index in [1.54, 1.807) is 48.5 Å². The Hall–Kier alpha value is -4.32. The summed E-state index contributed by atoms with van der Waals surface area (Å²) in [5.74, 6) is -1.67. The first-order valence-corrected chi connectivity index (χ1v) is 10.3. The van der Waals surface area contributed by atoms with Gasteiger partial charge in [-0.15, -0.1) is 0 Å². The second-order valence-electron chi connectivity index (χ2n) is 7.94. The Morgan fingerprint density at radius 3 is 1.00 bits per heavy atom. The molecule has 0 saturated heterocycles. The highest BCUT2D eigenvalue weighted by Gasteiger charge is 2.36. The predicted molar refractivity (Wildman–Crippen MR) is 119 cm³/mol. The third kappa shape index (κ3) is 2.40. The molecule has 0 bridgehead atoms. The van der Waals surface area contributed by atoms with Crippen LogP contribution < -0.4 is 0 Å². The summed E-state index contributed by atoms with van der Waals surface area (Å²) >= 11 is 0. The first-order valence-electron chi connectivity index (χ1n) is 10.3. The maximum absolute atomic E-state index is 13.1. The molecule has 0 radical (unpaired) electrons. The molecule has 32 heavy (non-hydrogen) atoms. The smallest absolute Gasteiger partial charge is 0.261 e. The Balaban J connectivity index is 1.34. The number of amides is 4. The summed E-state index contributed by atoms with van der Waals surface area (Å²) in [5.41, 5.74) is 1.79. The fraction of sp³-hybridized carbons (Fsp3) is 0.0769. The zero-order valence-electron chi connectivity index (χ0n) is 16.9. The molecule has 154 valence electrons. The molecule has 0 aromatic heterocycles. The Labute approximate surface area is 182 Å². The summed E-state index contributed by atoms with van der Waals surface area (Å²) in [5, 5.41) is 2.94. The lowest BCUT2D eigenvalue weighted by molar-refractivity contribution is 0.0514. The molecule has 6 nitrogen and oxygen atoms in total. The number of hydrogen-bond acceptors (Lipinski definition) is 4. The van der Waals surface area contributed by atoms with Crippen molar-refractivity contribution in [2.24, 2.45) is 0 Å². The molecule has 4 amide bonds. The minimum atomic E-state index is -0.418. The van der Waals surface area contributed by atoms with Crippen molar-refractivity contribution in [3.8, 4) is 0 Å². The molecule has 2 aliphatic heterocycles. The maximum atomic E-state index is 13.1. The average Bonchev–Trinajstić information content (AvgIpc) is 2.82. The lowest BCUT2D eigenvalue weighted by Crippen LogP contribution is -2.48. The van der Waals surface area contributed by atoms with Crippen LogP contribution in [0.1, 0.15) is 41.4 Å². The Kier molecular flexibility index (Phi) is 3.80. The van der Waals surface area contributed by atoms with Gasteiger partial charge in [0.05, 0.1) is 0 Å². The molecule has 0 atom stereocenters. The first-order chi connectivity index (χ1) is 15.6. The van der Waals surface area contributed by atoms with Crippen LogP contribution in [-0.4, -0.2) is 46.5 Å². The molecular weight excluding hydrogens is 404 g/mol. The van der Waals surface area contributed by atoms with E-state index in [0.29, 0.717) is 33.0 Å². The third-order valence-electron chi connectivity index (χ3n) is 6.26. The van der Waals surface area contributed by atoms with Crippen LogP contribution in [0.3, 0.4) is 0 Å². The van der Waals surface area contributed by atoms with Gasteiger partial charge < -0.3 is 0 Å². The minimum Gasteiger partial charge on any atom is -0.273 e. The Morgan fingerprint density at radius 1 is 0.438 bits per heavy atom. The zero-order valence-corrected chi connectivity index (χ0v) is 16.9. The third-order valence-corrected chi connectivity index (χ3v) is 6.26. The molecule has 0 N–H and O–H groups in total. The van der Waals surface area contributed by atoms with Gasteiger partial charge in [0.25, 0.3) is 23.6 Å². The van der Waals surface area contributed by atoms with Crippen molar-refractivity contribution >= 4 is 45.2 Å². The van der Waals surface area contributed by atoms with Gasteiger partial charge in [-0.2, -0.15) is 0 Å². The van der Waals surface area contributed by atoms with Crippen molar-refractivity contribution < 1.29 is 19.2 Å². The van der Waals surface area contributed by atoms with Crippen LogP contribution in [0.5, 0.6) is 0 Å². The van der Waals surface area contributed by atoms with E-state index in [0.717, 1.165) is 20.6 Å². The van der Waals surface area contributed by atoms with Crippen LogP contribution in [0.15, 0.2) is 72.8 Å². The molecule has 4 aromatic rings. The van der Waals surface area contributed by atoms with Crippen molar-refractivity contribution in [1.82, 2.24) is 9.80 Å². The van der Waals surface area contributed by atoms with Gasteiger partial charge in [-0.1, -0.05) is 48.5 Å². The van der Waals surface area contributed by atoms with Crippen LogP contribution in [0.2, 0.25) is 0 Å². The van der Waals surface area contributed by atoms with Crippen LogP contribution in [0.4, 0.5) is 0 Å². The van der Waals surface area contributed by atoms with Crippen LogP contribution in [0.25, 0.3) is 21.5 Å². The van der Waals surface area contributed by atoms with Gasteiger partial charge in [-0.25, -0.2) is 0 Å². The molecular formula is C26H16N2O4. The fourth-order valence-electron chi connectivity index (χ4n) is 4.77. The molecule has 6 heteroatoms. The quantitative estimate of drug-likeness (QED) is 0.472. The van der Waals surface area contributed by atoms with E-state index in [-0.39, 0.29) is 13.1 Å². The van der Waals surface area contributed by atoms with E-state index >= 15 is 0 Å². The molecule has 0 aliphatic carbocycles. The van der Waals surface area contributed by atoms with E-state index in [1.165, 1.54) is 0 Å². The summed E-state index contributed by atoms with van der Waals surface area (Å²) in [7, 11) is 0. The number of benzene rings is 4. The van der Waals surface area contributed by atoms with Crippen LogP contribution in [0, 0.1) is 0 Å². The molecule has 6 rings (SSSR count). The van der Waals surface area contributed by atoms with E-state index < -0.39 is 23.6 Å². The van der Waals surface area contributed by atoms with E-state index in [4.69, 9.17) is 0 Å². The summed E-state index contributed by atoms with van der Waals surface area (Å²) in [6.07, 6.45) is 0.